The topological polar surface area (TPSA) is 57.0 Å². The van der Waals surface area contributed by atoms with E-state index in [-0.39, 0.29) is 0 Å². The van der Waals surface area contributed by atoms with E-state index in [9.17, 15) is 4.79 Å². The van der Waals surface area contributed by atoms with Gasteiger partial charge in [0.15, 0.2) is 6.29 Å². The van der Waals surface area contributed by atoms with Crippen molar-refractivity contribution in [1.82, 2.24) is 14.5 Å². The molecule has 0 radical (unpaired) electrons. The Bertz CT molecular complexity index is 462. The van der Waals surface area contributed by atoms with Crippen molar-refractivity contribution in [2.45, 2.75) is 0 Å². The van der Waals surface area contributed by atoms with E-state index in [0.717, 1.165) is 12.0 Å². The van der Waals surface area contributed by atoms with Crippen LogP contribution in [0.3, 0.4) is 0 Å². The summed E-state index contributed by atoms with van der Waals surface area (Å²) in [6.45, 7) is 0. The van der Waals surface area contributed by atoms with Crippen molar-refractivity contribution < 1.29 is 9.53 Å². The summed E-state index contributed by atoms with van der Waals surface area (Å²) >= 11 is 0. The van der Waals surface area contributed by atoms with Gasteiger partial charge in [-0.1, -0.05) is 0 Å². The number of carbonyl (C=O) groups is 1. The summed E-state index contributed by atoms with van der Waals surface area (Å²) in [7, 11) is 1.50. The minimum Gasteiger partial charge on any atom is -0.467 e. The van der Waals surface area contributed by atoms with Gasteiger partial charge in [-0.25, -0.2) is 9.97 Å². The Morgan fingerprint density at radius 2 is 2.13 bits per heavy atom. The molecule has 0 bridgehead atoms. The van der Waals surface area contributed by atoms with E-state index in [1.54, 1.807) is 35.3 Å². The van der Waals surface area contributed by atoms with Crippen molar-refractivity contribution in [2.75, 3.05) is 7.11 Å². The molecule has 2 rings (SSSR count). The maximum atomic E-state index is 10.7. The highest BCUT2D eigenvalue weighted by Crippen LogP contribution is 2.10. The SMILES string of the molecule is COc1ncc(-n2cccc2C=O)cn1. The van der Waals surface area contributed by atoms with Gasteiger partial charge >= 0.3 is 6.01 Å². The normalized spacial score (nSPS) is 9.93. The van der Waals surface area contributed by atoms with Crippen LogP contribution in [0.15, 0.2) is 30.7 Å². The summed E-state index contributed by atoms with van der Waals surface area (Å²) in [5.74, 6) is 0. The molecule has 76 valence electrons. The molecule has 0 spiro atoms. The molecule has 0 aliphatic heterocycles. The van der Waals surface area contributed by atoms with Gasteiger partial charge in [0, 0.05) is 6.20 Å². The molecule has 0 aliphatic carbocycles. The molecule has 0 aromatic carbocycles. The average molecular weight is 203 g/mol. The Morgan fingerprint density at radius 1 is 1.40 bits per heavy atom. The summed E-state index contributed by atoms with van der Waals surface area (Å²) in [5.41, 5.74) is 1.28. The van der Waals surface area contributed by atoms with Crippen LogP contribution in [-0.4, -0.2) is 27.9 Å². The van der Waals surface area contributed by atoms with E-state index >= 15 is 0 Å². The zero-order valence-electron chi connectivity index (χ0n) is 8.12. The molecule has 0 saturated carbocycles. The van der Waals surface area contributed by atoms with Crippen LogP contribution in [-0.2, 0) is 0 Å². The van der Waals surface area contributed by atoms with Gasteiger partial charge in [0.25, 0.3) is 0 Å². The van der Waals surface area contributed by atoms with Crippen LogP contribution in [0.1, 0.15) is 10.5 Å². The molecule has 2 heterocycles. The van der Waals surface area contributed by atoms with Crippen LogP contribution in [0, 0.1) is 0 Å². The van der Waals surface area contributed by atoms with Gasteiger partial charge in [-0.2, -0.15) is 0 Å². The fourth-order valence-electron chi connectivity index (χ4n) is 1.26. The van der Waals surface area contributed by atoms with Crippen LogP contribution < -0.4 is 4.74 Å². The van der Waals surface area contributed by atoms with E-state index in [2.05, 4.69) is 9.97 Å². The second kappa shape index (κ2) is 3.91. The van der Waals surface area contributed by atoms with Gasteiger partial charge < -0.3 is 9.30 Å². The van der Waals surface area contributed by atoms with Crippen LogP contribution in [0.5, 0.6) is 6.01 Å². The third-order valence-corrected chi connectivity index (χ3v) is 1.98. The van der Waals surface area contributed by atoms with E-state index in [1.165, 1.54) is 7.11 Å². The van der Waals surface area contributed by atoms with Crippen LogP contribution in [0.2, 0.25) is 0 Å². The maximum absolute atomic E-state index is 10.7. The highest BCUT2D eigenvalue weighted by molar-refractivity contribution is 5.73. The Labute approximate surface area is 86.4 Å². The minimum absolute atomic E-state index is 0.304. The first-order valence-electron chi connectivity index (χ1n) is 4.34. The molecule has 0 unspecified atom stereocenters. The molecule has 0 saturated heterocycles. The molecule has 2 aromatic rings. The summed E-state index contributed by atoms with van der Waals surface area (Å²) in [6, 6.07) is 3.81. The van der Waals surface area contributed by atoms with Crippen molar-refractivity contribution in [2.24, 2.45) is 0 Å². The van der Waals surface area contributed by atoms with Crippen molar-refractivity contribution >= 4 is 6.29 Å². The summed E-state index contributed by atoms with van der Waals surface area (Å²) in [5, 5.41) is 0. The molecule has 0 atom stereocenters. The van der Waals surface area contributed by atoms with Crippen LogP contribution in [0.4, 0.5) is 0 Å². The zero-order valence-corrected chi connectivity index (χ0v) is 8.12. The van der Waals surface area contributed by atoms with Gasteiger partial charge in [-0.05, 0) is 12.1 Å². The predicted molar refractivity (Wildman–Crippen MR) is 53.3 cm³/mol. The standard InChI is InChI=1S/C10H9N3O2/c1-15-10-11-5-9(6-12-10)13-4-2-3-8(13)7-14/h2-7H,1H3. The molecule has 0 aliphatic rings. The van der Waals surface area contributed by atoms with Gasteiger partial charge in [0.2, 0.25) is 0 Å². The summed E-state index contributed by atoms with van der Waals surface area (Å²) in [4.78, 5) is 18.6. The number of nitrogens with zero attached hydrogens (tertiary/aromatic N) is 3. The minimum atomic E-state index is 0.304. The Kier molecular flexibility index (Phi) is 2.45. The molecule has 15 heavy (non-hydrogen) atoms. The third-order valence-electron chi connectivity index (χ3n) is 1.98. The number of hydrogen-bond acceptors (Lipinski definition) is 4. The number of hydrogen-bond donors (Lipinski definition) is 0. The van der Waals surface area contributed by atoms with Gasteiger partial charge in [0.1, 0.15) is 0 Å². The number of rotatable bonds is 3. The number of aromatic nitrogens is 3. The second-order valence-corrected chi connectivity index (χ2v) is 2.85. The fraction of sp³-hybridized carbons (Fsp3) is 0.100. The van der Waals surface area contributed by atoms with E-state index in [1.807, 2.05) is 0 Å². The molecular formula is C10H9N3O2. The summed E-state index contributed by atoms with van der Waals surface area (Å²) < 4.78 is 6.54. The Balaban J connectivity index is 2.41. The number of aldehydes is 1. The summed E-state index contributed by atoms with van der Waals surface area (Å²) in [6.07, 6.45) is 5.75. The first kappa shape index (κ1) is 9.39. The zero-order chi connectivity index (χ0) is 10.7. The first-order chi connectivity index (χ1) is 7.35. The van der Waals surface area contributed by atoms with Crippen molar-refractivity contribution in [3.8, 4) is 11.7 Å². The van der Waals surface area contributed by atoms with Gasteiger partial charge in [-0.15, -0.1) is 0 Å². The number of ether oxygens (including phenoxy) is 1. The predicted octanol–water partition coefficient (Wildman–Crippen LogP) is 1.09. The third kappa shape index (κ3) is 1.71. The average Bonchev–Trinajstić information content (AvgIpc) is 2.77. The van der Waals surface area contributed by atoms with Crippen molar-refractivity contribution in [3.63, 3.8) is 0 Å². The lowest BCUT2D eigenvalue weighted by Crippen LogP contribution is -2.00. The van der Waals surface area contributed by atoms with Crippen molar-refractivity contribution in [3.05, 3.63) is 36.4 Å². The Hall–Kier alpha value is -2.17. The molecule has 5 heteroatoms. The lowest BCUT2D eigenvalue weighted by molar-refractivity contribution is 0.111. The second-order valence-electron chi connectivity index (χ2n) is 2.85. The Morgan fingerprint density at radius 3 is 2.73 bits per heavy atom. The quantitative estimate of drug-likeness (QED) is 0.700. The van der Waals surface area contributed by atoms with Gasteiger partial charge in [0.05, 0.1) is 30.9 Å². The van der Waals surface area contributed by atoms with Crippen LogP contribution >= 0.6 is 0 Å². The first-order valence-corrected chi connectivity index (χ1v) is 4.34. The molecule has 2 aromatic heterocycles. The van der Waals surface area contributed by atoms with Gasteiger partial charge in [-0.3, -0.25) is 4.79 Å². The lowest BCUT2D eigenvalue weighted by Gasteiger charge is -2.04. The van der Waals surface area contributed by atoms with Crippen molar-refractivity contribution in [1.29, 1.82) is 0 Å². The molecule has 0 N–H and O–H groups in total. The highest BCUT2D eigenvalue weighted by Gasteiger charge is 2.03. The fourth-order valence-corrected chi connectivity index (χ4v) is 1.26. The maximum Gasteiger partial charge on any atom is 0.316 e. The largest absolute Gasteiger partial charge is 0.467 e. The molecule has 0 amide bonds. The number of carbonyl (C=O) groups excluding carboxylic acids is 1. The van der Waals surface area contributed by atoms with E-state index in [4.69, 9.17) is 4.74 Å². The lowest BCUT2D eigenvalue weighted by atomic mass is 10.4. The smallest absolute Gasteiger partial charge is 0.316 e. The van der Waals surface area contributed by atoms with Crippen LogP contribution in [0.25, 0.3) is 5.69 Å². The monoisotopic (exact) mass is 203 g/mol. The van der Waals surface area contributed by atoms with E-state index < -0.39 is 0 Å². The highest BCUT2D eigenvalue weighted by atomic mass is 16.5. The molecular weight excluding hydrogens is 194 g/mol. The molecule has 5 nitrogen and oxygen atoms in total. The molecule has 0 fully saturated rings. The van der Waals surface area contributed by atoms with E-state index in [0.29, 0.717) is 11.7 Å². The number of methoxy groups -OCH3 is 1.